The first-order chi connectivity index (χ1) is 8.74. The summed E-state index contributed by atoms with van der Waals surface area (Å²) in [6.45, 7) is 7.88. The maximum Gasteiger partial charge on any atom is 0.176 e. The second kappa shape index (κ2) is 5.87. The van der Waals surface area contributed by atoms with Gasteiger partial charge in [-0.3, -0.25) is 9.69 Å². The van der Waals surface area contributed by atoms with Crippen LogP contribution in [0, 0.1) is 0 Å². The van der Waals surface area contributed by atoms with Crippen LogP contribution in [0.1, 0.15) is 24.2 Å². The molecule has 0 spiro atoms. The Bertz CT molecular complexity index is 428. The number of rotatable bonds is 5. The number of ketones is 1. The average Bonchev–Trinajstić information content (AvgIpc) is 2.44. The van der Waals surface area contributed by atoms with Crippen LogP contribution in [0.5, 0.6) is 5.75 Å². The van der Waals surface area contributed by atoms with Crippen molar-refractivity contribution in [3.63, 3.8) is 0 Å². The number of nitrogens with one attached hydrogen (secondary N) is 1. The number of hydrogen-bond donors (Lipinski definition) is 1. The molecule has 1 aromatic carbocycles. The molecule has 0 aliphatic carbocycles. The predicted molar refractivity (Wildman–Crippen MR) is 72.5 cm³/mol. The second-order valence-electron chi connectivity index (χ2n) is 4.37. The maximum atomic E-state index is 12.1. The van der Waals surface area contributed by atoms with Crippen molar-refractivity contribution in [1.82, 2.24) is 4.90 Å². The molecule has 0 amide bonds. The SMILES string of the molecule is CCN(CC)CC(=O)c1ccc2c(c1)NCCO2. The zero-order valence-electron chi connectivity index (χ0n) is 11.0. The quantitative estimate of drug-likeness (QED) is 0.809. The van der Waals surface area contributed by atoms with Gasteiger partial charge < -0.3 is 10.1 Å². The third kappa shape index (κ3) is 2.82. The molecular formula is C14H20N2O2. The van der Waals surface area contributed by atoms with Crippen LogP contribution in [0.3, 0.4) is 0 Å². The molecule has 1 aliphatic heterocycles. The second-order valence-corrected chi connectivity index (χ2v) is 4.37. The summed E-state index contributed by atoms with van der Waals surface area (Å²) in [6.07, 6.45) is 0. The number of likely N-dealkylation sites (N-methyl/N-ethyl adjacent to an activating group) is 1. The monoisotopic (exact) mass is 248 g/mol. The van der Waals surface area contributed by atoms with Crippen LogP contribution >= 0.6 is 0 Å². The van der Waals surface area contributed by atoms with Crippen molar-refractivity contribution in [2.75, 3.05) is 38.1 Å². The minimum absolute atomic E-state index is 0.161. The highest BCUT2D eigenvalue weighted by molar-refractivity contribution is 5.98. The highest BCUT2D eigenvalue weighted by Crippen LogP contribution is 2.28. The van der Waals surface area contributed by atoms with Gasteiger partial charge in [0.1, 0.15) is 12.4 Å². The molecule has 0 radical (unpaired) electrons. The molecule has 1 aromatic rings. The Hall–Kier alpha value is -1.55. The van der Waals surface area contributed by atoms with Gasteiger partial charge in [-0.05, 0) is 31.3 Å². The molecule has 2 rings (SSSR count). The third-order valence-electron chi connectivity index (χ3n) is 3.24. The van der Waals surface area contributed by atoms with E-state index in [4.69, 9.17) is 4.74 Å². The zero-order chi connectivity index (χ0) is 13.0. The van der Waals surface area contributed by atoms with E-state index in [9.17, 15) is 4.79 Å². The number of Topliss-reactive ketones (excluding diaryl/α,β-unsaturated/α-hetero) is 1. The molecule has 1 N–H and O–H groups in total. The lowest BCUT2D eigenvalue weighted by Gasteiger charge is -2.20. The molecule has 1 heterocycles. The van der Waals surface area contributed by atoms with Crippen LogP contribution in [0.15, 0.2) is 18.2 Å². The van der Waals surface area contributed by atoms with Crippen LogP contribution in [-0.2, 0) is 0 Å². The minimum atomic E-state index is 0.161. The lowest BCUT2D eigenvalue weighted by atomic mass is 10.1. The van der Waals surface area contributed by atoms with E-state index in [1.807, 2.05) is 18.2 Å². The highest BCUT2D eigenvalue weighted by atomic mass is 16.5. The van der Waals surface area contributed by atoms with Gasteiger partial charge in [-0.2, -0.15) is 0 Å². The molecule has 98 valence electrons. The summed E-state index contributed by atoms with van der Waals surface area (Å²) in [5.41, 5.74) is 1.67. The number of ether oxygens (including phenoxy) is 1. The fourth-order valence-corrected chi connectivity index (χ4v) is 2.06. The molecule has 0 bridgehead atoms. The molecule has 0 fully saturated rings. The lowest BCUT2D eigenvalue weighted by Crippen LogP contribution is -2.29. The Morgan fingerprint density at radius 3 is 2.89 bits per heavy atom. The first kappa shape index (κ1) is 12.9. The van der Waals surface area contributed by atoms with Crippen LogP contribution < -0.4 is 10.1 Å². The Morgan fingerprint density at radius 1 is 1.39 bits per heavy atom. The summed E-state index contributed by atoms with van der Waals surface area (Å²) in [5.74, 6) is 0.995. The number of benzene rings is 1. The molecule has 0 atom stereocenters. The Balaban J connectivity index is 2.11. The molecular weight excluding hydrogens is 228 g/mol. The van der Waals surface area contributed by atoms with Crippen molar-refractivity contribution in [2.24, 2.45) is 0 Å². The maximum absolute atomic E-state index is 12.1. The summed E-state index contributed by atoms with van der Waals surface area (Å²) >= 11 is 0. The summed E-state index contributed by atoms with van der Waals surface area (Å²) in [6, 6.07) is 5.61. The summed E-state index contributed by atoms with van der Waals surface area (Å²) in [4.78, 5) is 14.3. The number of nitrogens with zero attached hydrogens (tertiary/aromatic N) is 1. The van der Waals surface area contributed by atoms with Crippen molar-refractivity contribution >= 4 is 11.5 Å². The smallest absolute Gasteiger partial charge is 0.176 e. The van der Waals surface area contributed by atoms with Gasteiger partial charge in [0.15, 0.2) is 5.78 Å². The van der Waals surface area contributed by atoms with E-state index < -0.39 is 0 Å². The molecule has 0 aromatic heterocycles. The lowest BCUT2D eigenvalue weighted by molar-refractivity contribution is 0.0937. The first-order valence-corrected chi connectivity index (χ1v) is 6.50. The Kier molecular flexibility index (Phi) is 4.20. The van der Waals surface area contributed by atoms with Crippen LogP contribution in [0.25, 0.3) is 0 Å². The first-order valence-electron chi connectivity index (χ1n) is 6.50. The van der Waals surface area contributed by atoms with Crippen molar-refractivity contribution < 1.29 is 9.53 Å². The zero-order valence-corrected chi connectivity index (χ0v) is 11.0. The van der Waals surface area contributed by atoms with E-state index in [1.54, 1.807) is 0 Å². The molecule has 0 saturated carbocycles. The van der Waals surface area contributed by atoms with E-state index in [0.29, 0.717) is 13.2 Å². The van der Waals surface area contributed by atoms with Crippen molar-refractivity contribution in [2.45, 2.75) is 13.8 Å². The fraction of sp³-hybridized carbons (Fsp3) is 0.500. The molecule has 4 nitrogen and oxygen atoms in total. The fourth-order valence-electron chi connectivity index (χ4n) is 2.06. The number of carbonyl (C=O) groups excluding carboxylic acids is 1. The normalized spacial score (nSPS) is 13.7. The number of anilines is 1. The van der Waals surface area contributed by atoms with E-state index in [1.165, 1.54) is 0 Å². The van der Waals surface area contributed by atoms with Gasteiger partial charge in [0.25, 0.3) is 0 Å². The average molecular weight is 248 g/mol. The molecule has 0 unspecified atom stereocenters. The third-order valence-corrected chi connectivity index (χ3v) is 3.24. The van der Waals surface area contributed by atoms with E-state index in [0.717, 1.165) is 36.6 Å². The van der Waals surface area contributed by atoms with Gasteiger partial charge in [0.2, 0.25) is 0 Å². The predicted octanol–water partition coefficient (Wildman–Crippen LogP) is 2.02. The summed E-state index contributed by atoms with van der Waals surface area (Å²) in [7, 11) is 0. The summed E-state index contributed by atoms with van der Waals surface area (Å²) < 4.78 is 5.50. The minimum Gasteiger partial charge on any atom is -0.490 e. The van der Waals surface area contributed by atoms with Gasteiger partial charge in [0.05, 0.1) is 12.2 Å². The van der Waals surface area contributed by atoms with Crippen LogP contribution in [-0.4, -0.2) is 43.5 Å². The van der Waals surface area contributed by atoms with E-state index in [-0.39, 0.29) is 5.78 Å². The standard InChI is InChI=1S/C14H20N2O2/c1-3-16(4-2)10-13(17)11-5-6-14-12(9-11)15-7-8-18-14/h5-6,9,15H,3-4,7-8,10H2,1-2H3. The van der Waals surface area contributed by atoms with Crippen LogP contribution in [0.2, 0.25) is 0 Å². The number of carbonyl (C=O) groups is 1. The molecule has 4 heteroatoms. The van der Waals surface area contributed by atoms with Crippen LogP contribution in [0.4, 0.5) is 5.69 Å². The highest BCUT2D eigenvalue weighted by Gasteiger charge is 2.14. The summed E-state index contributed by atoms with van der Waals surface area (Å²) in [5, 5.41) is 3.25. The topological polar surface area (TPSA) is 41.6 Å². The van der Waals surface area contributed by atoms with Crippen molar-refractivity contribution in [1.29, 1.82) is 0 Å². The van der Waals surface area contributed by atoms with Gasteiger partial charge in [0, 0.05) is 12.1 Å². The Labute approximate surface area is 108 Å². The van der Waals surface area contributed by atoms with Crippen molar-refractivity contribution in [3.8, 4) is 5.75 Å². The van der Waals surface area contributed by atoms with E-state index in [2.05, 4.69) is 24.1 Å². The molecule has 18 heavy (non-hydrogen) atoms. The number of hydrogen-bond acceptors (Lipinski definition) is 4. The van der Waals surface area contributed by atoms with Gasteiger partial charge in [-0.25, -0.2) is 0 Å². The molecule has 1 aliphatic rings. The number of fused-ring (bicyclic) bond motifs is 1. The van der Waals surface area contributed by atoms with Crippen molar-refractivity contribution in [3.05, 3.63) is 23.8 Å². The van der Waals surface area contributed by atoms with Gasteiger partial charge in [-0.1, -0.05) is 13.8 Å². The van der Waals surface area contributed by atoms with Gasteiger partial charge in [-0.15, -0.1) is 0 Å². The Morgan fingerprint density at radius 2 is 2.17 bits per heavy atom. The largest absolute Gasteiger partial charge is 0.490 e. The van der Waals surface area contributed by atoms with Gasteiger partial charge >= 0.3 is 0 Å². The van der Waals surface area contributed by atoms with E-state index >= 15 is 0 Å². The molecule has 0 saturated heterocycles.